The minimum absolute atomic E-state index is 0.0165. The van der Waals surface area contributed by atoms with Crippen LogP contribution in [0.1, 0.15) is 6.42 Å². The lowest BCUT2D eigenvalue weighted by Crippen LogP contribution is -2.26. The van der Waals surface area contributed by atoms with Gasteiger partial charge >= 0.3 is 0 Å². The van der Waals surface area contributed by atoms with Crippen LogP contribution in [0.5, 0.6) is 5.75 Å². The fourth-order valence-electron chi connectivity index (χ4n) is 1.22. The van der Waals surface area contributed by atoms with E-state index in [0.29, 0.717) is 13.0 Å². The molecule has 4 nitrogen and oxygen atoms in total. The Morgan fingerprint density at radius 1 is 1.41 bits per heavy atom. The maximum Gasteiger partial charge on any atom is 0.220 e. The van der Waals surface area contributed by atoms with Crippen LogP contribution in [0, 0.1) is 0 Å². The molecule has 0 heterocycles. The number of aliphatic hydroxyl groups excluding tert-OH is 1. The Morgan fingerprint density at radius 2 is 2.12 bits per heavy atom. The molecule has 5 heteroatoms. The molecule has 0 saturated carbocycles. The van der Waals surface area contributed by atoms with Crippen LogP contribution in [0.3, 0.4) is 0 Å². The van der Waals surface area contributed by atoms with E-state index in [0.717, 1.165) is 16.4 Å². The summed E-state index contributed by atoms with van der Waals surface area (Å²) in [5, 5.41) is 11.2. The zero-order valence-electron chi connectivity index (χ0n) is 9.81. The Kier molecular flexibility index (Phi) is 6.50. The van der Waals surface area contributed by atoms with Gasteiger partial charge in [0.05, 0.1) is 13.7 Å². The number of carbonyl (C=O) groups excluding carboxylic acids is 1. The summed E-state index contributed by atoms with van der Waals surface area (Å²) in [5.41, 5.74) is 0. The molecule has 1 aromatic carbocycles. The third-order valence-corrected chi connectivity index (χ3v) is 3.11. The number of ether oxygens (including phenoxy) is 1. The molecule has 0 saturated heterocycles. The van der Waals surface area contributed by atoms with Crippen LogP contribution in [0.25, 0.3) is 0 Å². The minimum Gasteiger partial charge on any atom is -0.497 e. The van der Waals surface area contributed by atoms with Crippen molar-refractivity contribution in [2.75, 3.05) is 26.0 Å². The number of hydrogen-bond donors (Lipinski definition) is 2. The fourth-order valence-corrected chi connectivity index (χ4v) is 2.07. The Morgan fingerprint density at radius 3 is 2.71 bits per heavy atom. The Balaban J connectivity index is 2.23. The van der Waals surface area contributed by atoms with Gasteiger partial charge in [-0.1, -0.05) is 0 Å². The molecule has 0 unspecified atom stereocenters. The van der Waals surface area contributed by atoms with Gasteiger partial charge in [0, 0.05) is 23.6 Å². The second-order valence-corrected chi connectivity index (χ2v) is 4.52. The minimum atomic E-state index is -0.0277. The summed E-state index contributed by atoms with van der Waals surface area (Å²) in [4.78, 5) is 12.3. The molecule has 0 bridgehead atoms. The number of nitrogens with one attached hydrogen (secondary N) is 1. The average molecular weight is 255 g/mol. The lowest BCUT2D eigenvalue weighted by atomic mass is 10.3. The molecule has 1 aromatic rings. The molecule has 0 atom stereocenters. The molecule has 0 fully saturated rings. The predicted molar refractivity (Wildman–Crippen MR) is 68.4 cm³/mol. The van der Waals surface area contributed by atoms with E-state index in [1.165, 1.54) is 0 Å². The van der Waals surface area contributed by atoms with E-state index < -0.39 is 0 Å². The van der Waals surface area contributed by atoms with Crippen molar-refractivity contribution in [3.05, 3.63) is 24.3 Å². The first-order valence-electron chi connectivity index (χ1n) is 5.40. The van der Waals surface area contributed by atoms with Gasteiger partial charge in [0.1, 0.15) is 5.75 Å². The number of amides is 1. The molecule has 1 rings (SSSR count). The zero-order valence-corrected chi connectivity index (χ0v) is 10.6. The number of carbonyl (C=O) groups is 1. The van der Waals surface area contributed by atoms with E-state index in [4.69, 9.17) is 9.84 Å². The van der Waals surface area contributed by atoms with Crippen molar-refractivity contribution in [2.45, 2.75) is 11.3 Å². The van der Waals surface area contributed by atoms with Crippen LogP contribution in [0.15, 0.2) is 29.2 Å². The lowest BCUT2D eigenvalue weighted by Gasteiger charge is -2.04. The molecule has 1 amide bonds. The van der Waals surface area contributed by atoms with E-state index in [1.807, 2.05) is 24.3 Å². The molecule has 17 heavy (non-hydrogen) atoms. The molecular weight excluding hydrogens is 238 g/mol. The van der Waals surface area contributed by atoms with Crippen molar-refractivity contribution in [3.8, 4) is 5.75 Å². The smallest absolute Gasteiger partial charge is 0.220 e. The lowest BCUT2D eigenvalue weighted by molar-refractivity contribution is -0.120. The van der Waals surface area contributed by atoms with E-state index in [9.17, 15) is 4.79 Å². The normalized spacial score (nSPS) is 10.0. The molecule has 0 aliphatic rings. The molecule has 94 valence electrons. The Hall–Kier alpha value is -1.20. The number of benzene rings is 1. The summed E-state index contributed by atoms with van der Waals surface area (Å²) in [6.45, 7) is 0.309. The van der Waals surface area contributed by atoms with Crippen LogP contribution >= 0.6 is 11.8 Å². The Labute approximate surface area is 105 Å². The van der Waals surface area contributed by atoms with E-state index in [1.54, 1.807) is 18.9 Å². The van der Waals surface area contributed by atoms with Gasteiger partial charge in [0.25, 0.3) is 0 Å². The topological polar surface area (TPSA) is 58.6 Å². The van der Waals surface area contributed by atoms with E-state index in [-0.39, 0.29) is 12.5 Å². The van der Waals surface area contributed by atoms with E-state index in [2.05, 4.69) is 5.32 Å². The van der Waals surface area contributed by atoms with E-state index >= 15 is 0 Å². The highest BCUT2D eigenvalue weighted by Gasteiger charge is 2.01. The maximum absolute atomic E-state index is 11.2. The number of aliphatic hydroxyl groups is 1. The van der Waals surface area contributed by atoms with Gasteiger partial charge in [-0.2, -0.15) is 0 Å². The fraction of sp³-hybridized carbons (Fsp3) is 0.417. The standard InChI is InChI=1S/C12H17NO3S/c1-16-10-2-4-11(5-3-10)17-9-6-12(15)13-7-8-14/h2-5,14H,6-9H2,1H3,(H,13,15). The van der Waals surface area contributed by atoms with Gasteiger partial charge in [-0.05, 0) is 24.3 Å². The highest BCUT2D eigenvalue weighted by molar-refractivity contribution is 7.99. The van der Waals surface area contributed by atoms with Gasteiger partial charge in [-0.3, -0.25) is 4.79 Å². The van der Waals surface area contributed by atoms with Crippen LogP contribution < -0.4 is 10.1 Å². The van der Waals surface area contributed by atoms with Crippen LogP contribution in [-0.4, -0.2) is 37.0 Å². The predicted octanol–water partition coefficient (Wildman–Crippen LogP) is 1.29. The third-order valence-electron chi connectivity index (χ3n) is 2.09. The second-order valence-electron chi connectivity index (χ2n) is 3.35. The number of thioether (sulfide) groups is 1. The molecule has 0 aromatic heterocycles. The van der Waals surface area contributed by atoms with Crippen molar-refractivity contribution < 1.29 is 14.6 Å². The SMILES string of the molecule is COc1ccc(SCCC(=O)NCCO)cc1. The zero-order chi connectivity index (χ0) is 12.5. The first-order chi connectivity index (χ1) is 8.26. The summed E-state index contributed by atoms with van der Waals surface area (Å²) >= 11 is 1.62. The van der Waals surface area contributed by atoms with Gasteiger partial charge < -0.3 is 15.2 Å². The van der Waals surface area contributed by atoms with Crippen molar-refractivity contribution in [2.24, 2.45) is 0 Å². The summed E-state index contributed by atoms with van der Waals surface area (Å²) in [5.74, 6) is 1.53. The quantitative estimate of drug-likeness (QED) is 0.721. The maximum atomic E-state index is 11.2. The highest BCUT2D eigenvalue weighted by atomic mass is 32.2. The number of methoxy groups -OCH3 is 1. The van der Waals surface area contributed by atoms with Gasteiger partial charge in [-0.25, -0.2) is 0 Å². The van der Waals surface area contributed by atoms with Gasteiger partial charge in [0.2, 0.25) is 5.91 Å². The van der Waals surface area contributed by atoms with Crippen LogP contribution in [-0.2, 0) is 4.79 Å². The molecule has 2 N–H and O–H groups in total. The van der Waals surface area contributed by atoms with Gasteiger partial charge in [-0.15, -0.1) is 11.8 Å². The molecule has 0 aliphatic carbocycles. The van der Waals surface area contributed by atoms with Crippen molar-refractivity contribution >= 4 is 17.7 Å². The number of hydrogen-bond acceptors (Lipinski definition) is 4. The summed E-state index contributed by atoms with van der Waals surface area (Å²) in [6, 6.07) is 7.73. The van der Waals surface area contributed by atoms with Crippen LogP contribution in [0.4, 0.5) is 0 Å². The molecular formula is C12H17NO3S. The van der Waals surface area contributed by atoms with Gasteiger partial charge in [0.15, 0.2) is 0 Å². The largest absolute Gasteiger partial charge is 0.497 e. The molecule has 0 aliphatic heterocycles. The average Bonchev–Trinajstić information content (AvgIpc) is 2.37. The number of rotatable bonds is 7. The second kappa shape index (κ2) is 7.97. The third kappa shape index (κ3) is 5.60. The molecule has 0 radical (unpaired) electrons. The van der Waals surface area contributed by atoms with Crippen molar-refractivity contribution in [1.82, 2.24) is 5.32 Å². The summed E-state index contributed by atoms with van der Waals surface area (Å²) < 4.78 is 5.06. The first-order valence-corrected chi connectivity index (χ1v) is 6.39. The Bertz CT molecular complexity index is 340. The summed E-state index contributed by atoms with van der Waals surface area (Å²) in [7, 11) is 1.63. The summed E-state index contributed by atoms with van der Waals surface area (Å²) in [6.07, 6.45) is 0.455. The highest BCUT2D eigenvalue weighted by Crippen LogP contribution is 2.21. The molecule has 0 spiro atoms. The van der Waals surface area contributed by atoms with Crippen molar-refractivity contribution in [1.29, 1.82) is 0 Å². The van der Waals surface area contributed by atoms with Crippen molar-refractivity contribution in [3.63, 3.8) is 0 Å². The first kappa shape index (κ1) is 13.9. The monoisotopic (exact) mass is 255 g/mol. The van der Waals surface area contributed by atoms with Crippen LogP contribution in [0.2, 0.25) is 0 Å².